The van der Waals surface area contributed by atoms with Crippen LogP contribution >= 0.6 is 0 Å². The van der Waals surface area contributed by atoms with Gasteiger partial charge in [0.25, 0.3) is 5.91 Å². The largest absolute Gasteiger partial charge is 0.466 e. The molecule has 3 atom stereocenters. The van der Waals surface area contributed by atoms with E-state index in [0.717, 1.165) is 13.0 Å². The summed E-state index contributed by atoms with van der Waals surface area (Å²) in [4.78, 5) is 24.2. The fourth-order valence-corrected chi connectivity index (χ4v) is 6.16. The number of amides is 1. The third-order valence-corrected chi connectivity index (χ3v) is 8.26. The Hall–Kier alpha value is -3.95. The Morgan fingerprint density at radius 3 is 2.44 bits per heavy atom. The maximum Gasteiger partial charge on any atom is 0.414 e. The highest BCUT2D eigenvalue weighted by Gasteiger charge is 2.45. The van der Waals surface area contributed by atoms with Gasteiger partial charge in [-0.1, -0.05) is 43.3 Å². The number of rotatable bonds is 7. The first-order valence-electron chi connectivity index (χ1n) is 11.6. The van der Waals surface area contributed by atoms with Crippen LogP contribution in [0.15, 0.2) is 70.7 Å². The first-order valence-corrected chi connectivity index (χ1v) is 13.2. The van der Waals surface area contributed by atoms with Gasteiger partial charge in [-0.2, -0.15) is 18.4 Å². The van der Waals surface area contributed by atoms with Crippen LogP contribution in [0.25, 0.3) is 16.8 Å². The van der Waals surface area contributed by atoms with Gasteiger partial charge in [0.15, 0.2) is 15.4 Å². The molecule has 1 aliphatic carbocycles. The summed E-state index contributed by atoms with van der Waals surface area (Å²) in [6, 6.07) is 9.39. The van der Waals surface area contributed by atoms with E-state index in [1.807, 2.05) is 0 Å². The van der Waals surface area contributed by atoms with Gasteiger partial charge in [0, 0.05) is 17.4 Å². The molecule has 206 valence electrons. The number of esters is 1. The van der Waals surface area contributed by atoms with Crippen molar-refractivity contribution in [1.29, 1.82) is 5.26 Å². The van der Waals surface area contributed by atoms with E-state index in [4.69, 9.17) is 5.26 Å². The van der Waals surface area contributed by atoms with Crippen LogP contribution in [0, 0.1) is 17.2 Å². The van der Waals surface area contributed by atoms with E-state index in [1.165, 1.54) is 56.5 Å². The lowest BCUT2D eigenvalue weighted by atomic mass is 9.84. The third-order valence-electron chi connectivity index (χ3n) is 6.29. The SMILES string of the molecule is COC(=O)/C=C\c1cccc2c(S(=O)(=O)CC(C)(O)C(=O)NC3C=CC(C#N)=C(C(F)(F)F)C3C)cccc12. The van der Waals surface area contributed by atoms with E-state index in [0.29, 0.717) is 10.9 Å². The van der Waals surface area contributed by atoms with Gasteiger partial charge < -0.3 is 15.2 Å². The van der Waals surface area contributed by atoms with Gasteiger partial charge in [0.2, 0.25) is 0 Å². The minimum Gasteiger partial charge on any atom is -0.466 e. The molecule has 2 aromatic carbocycles. The summed E-state index contributed by atoms with van der Waals surface area (Å²) >= 11 is 0. The molecule has 2 N–H and O–H groups in total. The van der Waals surface area contributed by atoms with Crippen molar-refractivity contribution in [2.45, 2.75) is 36.6 Å². The molecular weight excluding hydrogens is 537 g/mol. The van der Waals surface area contributed by atoms with Crippen LogP contribution in [0.5, 0.6) is 0 Å². The van der Waals surface area contributed by atoms with E-state index in [9.17, 15) is 36.3 Å². The van der Waals surface area contributed by atoms with E-state index >= 15 is 0 Å². The molecule has 3 unspecified atom stereocenters. The maximum atomic E-state index is 13.5. The number of carbonyl (C=O) groups is 2. The molecule has 0 spiro atoms. The number of hydrogen-bond acceptors (Lipinski definition) is 7. The van der Waals surface area contributed by atoms with Gasteiger partial charge in [-0.15, -0.1) is 0 Å². The standard InChI is InChI=1S/C27H25F3N2O6S/c1-16-21(12-10-18(14-31)24(16)27(28,29)30)32-25(34)26(2,35)15-39(36,37)22-9-5-7-19-17(6-4-8-20(19)22)11-13-23(33)38-3/h4-13,16,21,35H,15H2,1-3H3,(H,32,34)/b13-11-. The molecular formula is C27H25F3N2O6S. The number of fused-ring (bicyclic) bond motifs is 1. The molecule has 0 saturated carbocycles. The summed E-state index contributed by atoms with van der Waals surface area (Å²) in [6.07, 6.45) is -0.0843. The average Bonchev–Trinajstić information content (AvgIpc) is 2.86. The number of nitrogens with one attached hydrogen (secondary N) is 1. The molecule has 12 heteroatoms. The molecule has 0 fully saturated rings. The summed E-state index contributed by atoms with van der Waals surface area (Å²) in [5.41, 5.74) is -3.72. The molecule has 0 aromatic heterocycles. The van der Waals surface area contributed by atoms with Crippen LogP contribution in [-0.4, -0.2) is 56.1 Å². The normalized spacial score (nSPS) is 19.5. The summed E-state index contributed by atoms with van der Waals surface area (Å²) in [7, 11) is -3.11. The fraction of sp³-hybridized carbons (Fsp3) is 0.296. The van der Waals surface area contributed by atoms with E-state index < -0.39 is 62.3 Å². The highest BCUT2D eigenvalue weighted by atomic mass is 32.2. The second-order valence-corrected chi connectivity index (χ2v) is 11.1. The number of carbonyl (C=O) groups excluding carboxylic acids is 2. The predicted octanol–water partition coefficient (Wildman–Crippen LogP) is 3.62. The molecule has 0 bridgehead atoms. The van der Waals surface area contributed by atoms with Gasteiger partial charge in [-0.05, 0) is 36.1 Å². The Morgan fingerprint density at radius 2 is 1.82 bits per heavy atom. The van der Waals surface area contributed by atoms with E-state index in [2.05, 4.69) is 10.1 Å². The van der Waals surface area contributed by atoms with Gasteiger partial charge in [-0.3, -0.25) is 4.79 Å². The highest BCUT2D eigenvalue weighted by molar-refractivity contribution is 7.91. The Bertz CT molecular complexity index is 1550. The monoisotopic (exact) mass is 562 g/mol. The molecule has 2 aromatic rings. The Balaban J connectivity index is 1.89. The van der Waals surface area contributed by atoms with Crippen molar-refractivity contribution >= 4 is 38.6 Å². The Labute approximate surface area is 223 Å². The number of halogens is 3. The summed E-state index contributed by atoms with van der Waals surface area (Å²) in [5, 5.41) is 22.9. The van der Waals surface area contributed by atoms with Crippen LogP contribution in [0.2, 0.25) is 0 Å². The van der Waals surface area contributed by atoms with Gasteiger partial charge >= 0.3 is 12.1 Å². The quantitative estimate of drug-likeness (QED) is 0.389. The maximum absolute atomic E-state index is 13.5. The third kappa shape index (κ3) is 6.38. The summed E-state index contributed by atoms with van der Waals surface area (Å²) in [5.74, 6) is -4.24. The van der Waals surface area contributed by atoms with Crippen molar-refractivity contribution < 1.29 is 41.0 Å². The molecule has 0 aliphatic heterocycles. The molecule has 39 heavy (non-hydrogen) atoms. The second-order valence-electron chi connectivity index (χ2n) is 9.17. The zero-order valence-corrected chi connectivity index (χ0v) is 21.9. The molecule has 1 amide bonds. The number of allylic oxidation sites excluding steroid dienone is 2. The summed E-state index contributed by atoms with van der Waals surface area (Å²) < 4.78 is 71.9. The van der Waals surface area contributed by atoms with Crippen molar-refractivity contribution in [1.82, 2.24) is 5.32 Å². The smallest absolute Gasteiger partial charge is 0.414 e. The fourth-order valence-electron chi connectivity index (χ4n) is 4.33. The summed E-state index contributed by atoms with van der Waals surface area (Å²) in [6.45, 7) is 2.12. The van der Waals surface area contributed by atoms with E-state index in [-0.39, 0.29) is 10.3 Å². The average molecular weight is 563 g/mol. The van der Waals surface area contributed by atoms with Gasteiger partial charge in [0.05, 0.1) is 41.0 Å². The molecule has 0 radical (unpaired) electrons. The van der Waals surface area contributed by atoms with Crippen LogP contribution in [0.3, 0.4) is 0 Å². The minimum atomic E-state index is -4.83. The van der Waals surface area contributed by atoms with Crippen molar-refractivity contribution in [3.8, 4) is 6.07 Å². The number of nitriles is 1. The van der Waals surface area contributed by atoms with Crippen molar-refractivity contribution in [2.75, 3.05) is 12.9 Å². The lowest BCUT2D eigenvalue weighted by Gasteiger charge is -2.32. The van der Waals surface area contributed by atoms with Crippen LogP contribution < -0.4 is 5.32 Å². The Kier molecular flexibility index (Phi) is 8.38. The lowest BCUT2D eigenvalue weighted by molar-refractivity contribution is -0.137. The number of aliphatic hydroxyl groups is 1. The zero-order valence-electron chi connectivity index (χ0n) is 21.1. The van der Waals surface area contributed by atoms with E-state index in [1.54, 1.807) is 18.2 Å². The molecule has 3 rings (SSSR count). The van der Waals surface area contributed by atoms with Crippen LogP contribution in [0.1, 0.15) is 19.4 Å². The number of nitrogens with zero attached hydrogens (tertiary/aromatic N) is 1. The van der Waals surface area contributed by atoms with Crippen LogP contribution in [-0.2, 0) is 24.2 Å². The molecule has 0 saturated heterocycles. The highest BCUT2D eigenvalue weighted by Crippen LogP contribution is 2.38. The van der Waals surface area contributed by atoms with Gasteiger partial charge in [0.1, 0.15) is 0 Å². The lowest BCUT2D eigenvalue weighted by Crippen LogP contribution is -2.53. The van der Waals surface area contributed by atoms with Crippen molar-refractivity contribution in [2.24, 2.45) is 5.92 Å². The Morgan fingerprint density at radius 1 is 1.18 bits per heavy atom. The van der Waals surface area contributed by atoms with Crippen molar-refractivity contribution in [3.63, 3.8) is 0 Å². The zero-order chi connectivity index (χ0) is 29.2. The topological polar surface area (TPSA) is 134 Å². The number of ether oxygens (including phenoxy) is 1. The number of sulfone groups is 1. The minimum absolute atomic E-state index is 0.187. The number of alkyl halides is 3. The number of benzene rings is 2. The second kappa shape index (κ2) is 11.0. The molecule has 8 nitrogen and oxygen atoms in total. The molecule has 0 heterocycles. The van der Waals surface area contributed by atoms with Gasteiger partial charge in [-0.25, -0.2) is 13.2 Å². The number of methoxy groups -OCH3 is 1. The first-order chi connectivity index (χ1) is 18.1. The first kappa shape index (κ1) is 29.6. The number of hydrogen-bond donors (Lipinski definition) is 2. The van der Waals surface area contributed by atoms with Crippen LogP contribution in [0.4, 0.5) is 13.2 Å². The van der Waals surface area contributed by atoms with Crippen molar-refractivity contribution in [3.05, 3.63) is 71.3 Å². The molecule has 1 aliphatic rings. The predicted molar refractivity (Wildman–Crippen MR) is 137 cm³/mol.